The van der Waals surface area contributed by atoms with Gasteiger partial charge in [-0.05, 0) is 12.3 Å². The Hall–Kier alpha value is -0.650. The zero-order valence-electron chi connectivity index (χ0n) is 9.20. The Morgan fingerprint density at radius 1 is 1.43 bits per heavy atom. The third-order valence-corrected chi connectivity index (χ3v) is 1.90. The van der Waals surface area contributed by atoms with E-state index in [1.165, 1.54) is 14.2 Å². The smallest absolute Gasteiger partial charge is 0.342 e. The second-order valence-electron chi connectivity index (χ2n) is 3.63. The second kappa shape index (κ2) is 5.95. The number of esters is 1. The summed E-state index contributed by atoms with van der Waals surface area (Å²) in [4.78, 5) is 16.2. The van der Waals surface area contributed by atoms with Crippen LogP contribution in [0.4, 0.5) is 0 Å². The molecule has 0 aliphatic carbocycles. The van der Waals surface area contributed by atoms with E-state index in [4.69, 9.17) is 15.5 Å². The average Bonchev–Trinajstić information content (AvgIpc) is 2.15. The van der Waals surface area contributed by atoms with Crippen LogP contribution in [0.3, 0.4) is 0 Å². The van der Waals surface area contributed by atoms with Crippen molar-refractivity contribution in [1.29, 1.82) is 0 Å². The van der Waals surface area contributed by atoms with E-state index in [0.717, 1.165) is 0 Å². The number of nitrogens with two attached hydrogens (primary N) is 1. The lowest BCUT2D eigenvalue weighted by Crippen LogP contribution is -2.49. The summed E-state index contributed by atoms with van der Waals surface area (Å²) in [6.07, 6.45) is 0.462. The fourth-order valence-corrected chi connectivity index (χ4v) is 1.41. The zero-order valence-corrected chi connectivity index (χ0v) is 9.20. The van der Waals surface area contributed by atoms with E-state index in [0.29, 0.717) is 6.42 Å². The largest absolute Gasteiger partial charge is 0.467 e. The molecule has 0 aromatic carbocycles. The molecule has 0 fully saturated rings. The molecule has 0 saturated heterocycles. The van der Waals surface area contributed by atoms with E-state index in [2.05, 4.69) is 4.74 Å². The van der Waals surface area contributed by atoms with Crippen molar-refractivity contribution in [1.82, 2.24) is 0 Å². The van der Waals surface area contributed by atoms with Crippen molar-refractivity contribution in [3.8, 4) is 0 Å². The van der Waals surface area contributed by atoms with Crippen LogP contribution in [0, 0.1) is 5.92 Å². The Balaban J connectivity index is 4.67. The van der Waals surface area contributed by atoms with Crippen molar-refractivity contribution in [3.05, 3.63) is 0 Å². The first-order valence-corrected chi connectivity index (χ1v) is 4.47. The molecule has 84 valence electrons. The van der Waals surface area contributed by atoms with Crippen LogP contribution in [0.25, 0.3) is 0 Å². The fourth-order valence-electron chi connectivity index (χ4n) is 1.41. The molecule has 1 unspecified atom stereocenters. The minimum Gasteiger partial charge on any atom is -0.467 e. The maximum atomic E-state index is 11.5. The number of ether oxygens (including phenoxy) is 2. The molecule has 0 aliphatic rings. The zero-order chi connectivity index (χ0) is 11.2. The maximum Gasteiger partial charge on any atom is 0.342 e. The van der Waals surface area contributed by atoms with Gasteiger partial charge >= 0.3 is 5.97 Å². The molecule has 0 rings (SSSR count). The van der Waals surface area contributed by atoms with Gasteiger partial charge in [0.15, 0.2) is 0 Å². The molecule has 5 nitrogen and oxygen atoms in total. The van der Waals surface area contributed by atoms with Crippen LogP contribution in [0.5, 0.6) is 0 Å². The molecule has 0 amide bonds. The lowest BCUT2D eigenvalue weighted by atomic mass is 9.93. The summed E-state index contributed by atoms with van der Waals surface area (Å²) < 4.78 is 9.55. The molecule has 0 aromatic heterocycles. The highest BCUT2D eigenvalue weighted by atomic mass is 16.7. The quantitative estimate of drug-likeness (QED) is 0.504. The summed E-state index contributed by atoms with van der Waals surface area (Å²) in [5.74, 6) is 4.89. The highest BCUT2D eigenvalue weighted by Crippen LogP contribution is 2.21. The van der Waals surface area contributed by atoms with Crippen molar-refractivity contribution in [2.24, 2.45) is 11.8 Å². The molecule has 0 aromatic rings. The first kappa shape index (κ1) is 13.4. The number of methoxy groups -OCH3 is 2. The van der Waals surface area contributed by atoms with E-state index in [1.54, 1.807) is 0 Å². The summed E-state index contributed by atoms with van der Waals surface area (Å²) >= 11 is 0. The van der Waals surface area contributed by atoms with E-state index in [1.807, 2.05) is 13.8 Å². The molecular weight excluding hydrogens is 186 g/mol. The van der Waals surface area contributed by atoms with Gasteiger partial charge in [0.05, 0.1) is 13.7 Å². The van der Waals surface area contributed by atoms with E-state index in [-0.39, 0.29) is 12.5 Å². The first-order chi connectivity index (χ1) is 6.52. The second-order valence-corrected chi connectivity index (χ2v) is 3.63. The molecule has 2 N–H and O–H groups in total. The fraction of sp³-hybridized carbons (Fsp3) is 0.889. The van der Waals surface area contributed by atoms with Gasteiger partial charge in [0.25, 0.3) is 0 Å². The van der Waals surface area contributed by atoms with Gasteiger partial charge in [-0.2, -0.15) is 0 Å². The molecule has 0 aliphatic heterocycles. The molecular formula is C9H19NO4. The summed E-state index contributed by atoms with van der Waals surface area (Å²) in [6.45, 7) is 4.02. The predicted molar refractivity (Wildman–Crippen MR) is 51.4 cm³/mol. The van der Waals surface area contributed by atoms with Gasteiger partial charge in [0, 0.05) is 7.11 Å². The van der Waals surface area contributed by atoms with Crippen molar-refractivity contribution in [3.63, 3.8) is 0 Å². The molecule has 14 heavy (non-hydrogen) atoms. The predicted octanol–water partition coefficient (Wildman–Crippen LogP) is 0.481. The summed E-state index contributed by atoms with van der Waals surface area (Å²) in [5, 5.41) is 0. The lowest BCUT2D eigenvalue weighted by molar-refractivity contribution is -0.181. The van der Waals surface area contributed by atoms with Gasteiger partial charge in [-0.15, -0.1) is 0 Å². The third kappa shape index (κ3) is 3.25. The first-order valence-electron chi connectivity index (χ1n) is 4.47. The van der Waals surface area contributed by atoms with Gasteiger partial charge in [-0.3, -0.25) is 4.84 Å². The number of rotatable bonds is 6. The molecule has 1 atom stereocenters. The van der Waals surface area contributed by atoms with Crippen LogP contribution in [-0.4, -0.2) is 32.4 Å². The highest BCUT2D eigenvalue weighted by Gasteiger charge is 2.41. The van der Waals surface area contributed by atoms with Crippen LogP contribution in [0.2, 0.25) is 0 Å². The molecule has 0 spiro atoms. The Bertz CT molecular complexity index is 184. The van der Waals surface area contributed by atoms with Crippen molar-refractivity contribution >= 4 is 5.97 Å². The molecule has 0 radical (unpaired) electrons. The summed E-state index contributed by atoms with van der Waals surface area (Å²) in [6, 6.07) is 0. The molecule has 0 heterocycles. The third-order valence-electron chi connectivity index (χ3n) is 1.90. The van der Waals surface area contributed by atoms with E-state index >= 15 is 0 Å². The summed E-state index contributed by atoms with van der Waals surface area (Å²) in [7, 11) is 2.78. The number of carbonyl (C=O) groups is 1. The van der Waals surface area contributed by atoms with Crippen LogP contribution in [-0.2, 0) is 19.1 Å². The molecule has 0 saturated carbocycles. The minimum absolute atomic E-state index is 0.0916. The van der Waals surface area contributed by atoms with Crippen molar-refractivity contribution in [2.45, 2.75) is 25.9 Å². The monoisotopic (exact) mass is 205 g/mol. The Labute approximate surface area is 84.5 Å². The standard InChI is InChI=1S/C9H19NO4/c1-7(2)5-9(14-10,6-12-3)8(11)13-4/h7H,5-6,10H2,1-4H3. The van der Waals surface area contributed by atoms with Crippen molar-refractivity contribution < 1.29 is 19.1 Å². The van der Waals surface area contributed by atoms with Crippen LogP contribution in [0.1, 0.15) is 20.3 Å². The van der Waals surface area contributed by atoms with Gasteiger partial charge in [-0.25, -0.2) is 10.7 Å². The normalized spacial score (nSPS) is 15.3. The number of hydrogen-bond donors (Lipinski definition) is 1. The van der Waals surface area contributed by atoms with Crippen LogP contribution < -0.4 is 5.90 Å². The van der Waals surface area contributed by atoms with Crippen molar-refractivity contribution in [2.75, 3.05) is 20.8 Å². The van der Waals surface area contributed by atoms with Crippen LogP contribution >= 0.6 is 0 Å². The number of carbonyl (C=O) groups excluding carboxylic acids is 1. The van der Waals surface area contributed by atoms with E-state index < -0.39 is 11.6 Å². The lowest BCUT2D eigenvalue weighted by Gasteiger charge is -2.29. The Morgan fingerprint density at radius 2 is 2.00 bits per heavy atom. The van der Waals surface area contributed by atoms with Crippen LogP contribution in [0.15, 0.2) is 0 Å². The maximum absolute atomic E-state index is 11.5. The topological polar surface area (TPSA) is 70.8 Å². The van der Waals surface area contributed by atoms with Gasteiger partial charge in [-0.1, -0.05) is 13.8 Å². The Morgan fingerprint density at radius 3 is 2.29 bits per heavy atom. The van der Waals surface area contributed by atoms with Gasteiger partial charge < -0.3 is 9.47 Å². The average molecular weight is 205 g/mol. The highest BCUT2D eigenvalue weighted by molar-refractivity contribution is 5.79. The minimum atomic E-state index is -1.18. The summed E-state index contributed by atoms with van der Waals surface area (Å²) in [5.41, 5.74) is -1.18. The SMILES string of the molecule is COCC(CC(C)C)(ON)C(=O)OC. The van der Waals surface area contributed by atoms with Gasteiger partial charge in [0.1, 0.15) is 0 Å². The molecule has 0 bridgehead atoms. The number of hydrogen-bond acceptors (Lipinski definition) is 5. The van der Waals surface area contributed by atoms with E-state index in [9.17, 15) is 4.79 Å². The van der Waals surface area contributed by atoms with Gasteiger partial charge in [0.2, 0.25) is 5.60 Å². The molecule has 5 heteroatoms. The Kier molecular flexibility index (Phi) is 5.68.